The number of hydrogen-bond donors (Lipinski definition) is 2. The number of aryl methyl sites for hydroxylation is 1. The molecular formula is C31H43N3O4. The molecule has 2 N–H and O–H groups in total. The Morgan fingerprint density at radius 1 is 0.974 bits per heavy atom. The zero-order valence-corrected chi connectivity index (χ0v) is 23.6. The fourth-order valence-electron chi connectivity index (χ4n) is 4.55. The van der Waals surface area contributed by atoms with E-state index in [9.17, 15) is 14.4 Å². The van der Waals surface area contributed by atoms with Gasteiger partial charge in [0.2, 0.25) is 11.8 Å². The van der Waals surface area contributed by atoms with Gasteiger partial charge in [-0.05, 0) is 69.1 Å². The SMILES string of the molecule is CCc1ccc(C(C(=O)NCc2ccccc2)N(C(=O)C(NC(=O)OC(C)(C)C)C(C)C)C2CCC2)cc1. The maximum Gasteiger partial charge on any atom is 0.408 e. The van der Waals surface area contributed by atoms with Crippen LogP contribution < -0.4 is 10.6 Å². The quantitative estimate of drug-likeness (QED) is 0.430. The molecule has 38 heavy (non-hydrogen) atoms. The molecule has 7 heteroatoms. The van der Waals surface area contributed by atoms with Crippen molar-refractivity contribution in [3.05, 3.63) is 71.3 Å². The Balaban J connectivity index is 1.96. The van der Waals surface area contributed by atoms with Gasteiger partial charge in [-0.2, -0.15) is 0 Å². The molecule has 206 valence electrons. The van der Waals surface area contributed by atoms with Crippen molar-refractivity contribution < 1.29 is 19.1 Å². The Labute approximate surface area is 227 Å². The maximum atomic E-state index is 14.2. The highest BCUT2D eigenvalue weighted by atomic mass is 16.6. The van der Waals surface area contributed by atoms with Crippen molar-refractivity contribution in [3.8, 4) is 0 Å². The number of benzene rings is 2. The van der Waals surface area contributed by atoms with Crippen molar-refractivity contribution in [3.63, 3.8) is 0 Å². The van der Waals surface area contributed by atoms with Crippen LogP contribution in [0.25, 0.3) is 0 Å². The first-order valence-corrected chi connectivity index (χ1v) is 13.7. The van der Waals surface area contributed by atoms with Crippen LogP contribution in [-0.2, 0) is 27.3 Å². The van der Waals surface area contributed by atoms with Gasteiger partial charge in [0.05, 0.1) is 0 Å². The summed E-state index contributed by atoms with van der Waals surface area (Å²) in [6.07, 6.45) is 2.87. The number of carbonyl (C=O) groups excluding carboxylic acids is 3. The van der Waals surface area contributed by atoms with Gasteiger partial charge in [-0.3, -0.25) is 9.59 Å². The summed E-state index contributed by atoms with van der Waals surface area (Å²) >= 11 is 0. The van der Waals surface area contributed by atoms with Gasteiger partial charge >= 0.3 is 6.09 Å². The molecule has 1 saturated carbocycles. The van der Waals surface area contributed by atoms with E-state index in [0.717, 1.165) is 42.4 Å². The van der Waals surface area contributed by atoms with Crippen LogP contribution in [0.15, 0.2) is 54.6 Å². The standard InChI is InChI=1S/C31H43N3O4/c1-7-22-16-18-24(19-17-22)27(28(35)32-20-23-12-9-8-10-13-23)34(25-14-11-15-25)29(36)26(21(2)3)33-30(37)38-31(4,5)6/h8-10,12-13,16-19,21,25-27H,7,11,14-15,20H2,1-6H3,(H,32,35)(H,33,37). The molecule has 0 heterocycles. The molecule has 7 nitrogen and oxygen atoms in total. The van der Waals surface area contributed by atoms with Crippen molar-refractivity contribution in [1.82, 2.24) is 15.5 Å². The molecule has 0 radical (unpaired) electrons. The molecule has 3 amide bonds. The van der Waals surface area contributed by atoms with Gasteiger partial charge in [0, 0.05) is 12.6 Å². The topological polar surface area (TPSA) is 87.7 Å². The van der Waals surface area contributed by atoms with Crippen LogP contribution in [0.3, 0.4) is 0 Å². The molecule has 1 aliphatic carbocycles. The average molecular weight is 522 g/mol. The van der Waals surface area contributed by atoms with E-state index in [2.05, 4.69) is 17.6 Å². The summed E-state index contributed by atoms with van der Waals surface area (Å²) in [5.41, 5.74) is 2.20. The predicted octanol–water partition coefficient (Wildman–Crippen LogP) is 5.54. The summed E-state index contributed by atoms with van der Waals surface area (Å²) in [6, 6.07) is 15.9. The number of nitrogens with zero attached hydrogens (tertiary/aromatic N) is 1. The molecule has 2 unspecified atom stereocenters. The Bertz CT molecular complexity index is 1070. The molecule has 2 atom stereocenters. The molecule has 1 fully saturated rings. The maximum absolute atomic E-state index is 14.2. The van der Waals surface area contributed by atoms with Crippen LogP contribution in [0, 0.1) is 5.92 Å². The zero-order chi connectivity index (χ0) is 27.9. The minimum absolute atomic E-state index is 0.0810. The number of amides is 3. The van der Waals surface area contributed by atoms with Crippen LogP contribution in [0.5, 0.6) is 0 Å². The lowest BCUT2D eigenvalue weighted by atomic mass is 9.87. The molecule has 0 bridgehead atoms. The molecule has 0 saturated heterocycles. The lowest BCUT2D eigenvalue weighted by molar-refractivity contribution is -0.148. The van der Waals surface area contributed by atoms with Gasteiger partial charge < -0.3 is 20.3 Å². The van der Waals surface area contributed by atoms with E-state index in [1.807, 2.05) is 68.4 Å². The van der Waals surface area contributed by atoms with Gasteiger partial charge in [-0.25, -0.2) is 4.79 Å². The Morgan fingerprint density at radius 2 is 1.61 bits per heavy atom. The molecule has 2 aromatic rings. The third-order valence-corrected chi connectivity index (χ3v) is 6.87. The Hall–Kier alpha value is -3.35. The van der Waals surface area contributed by atoms with Gasteiger partial charge in [-0.15, -0.1) is 0 Å². The Kier molecular flexibility index (Phi) is 9.95. The van der Waals surface area contributed by atoms with E-state index in [1.165, 1.54) is 0 Å². The van der Waals surface area contributed by atoms with Crippen molar-refractivity contribution in [2.75, 3.05) is 0 Å². The number of ether oxygens (including phenoxy) is 1. The number of nitrogens with one attached hydrogen (secondary N) is 2. The summed E-state index contributed by atoms with van der Waals surface area (Å²) < 4.78 is 5.45. The summed E-state index contributed by atoms with van der Waals surface area (Å²) in [5, 5.41) is 5.85. The molecule has 3 rings (SSSR count). The lowest BCUT2D eigenvalue weighted by Crippen LogP contribution is -2.58. The highest BCUT2D eigenvalue weighted by molar-refractivity contribution is 5.92. The van der Waals surface area contributed by atoms with E-state index >= 15 is 0 Å². The third-order valence-electron chi connectivity index (χ3n) is 6.87. The van der Waals surface area contributed by atoms with Crippen LogP contribution in [0.2, 0.25) is 0 Å². The molecule has 0 aromatic heterocycles. The van der Waals surface area contributed by atoms with E-state index in [1.54, 1.807) is 25.7 Å². The summed E-state index contributed by atoms with van der Waals surface area (Å²) in [4.78, 5) is 42.4. The fraction of sp³-hybridized carbons (Fsp3) is 0.516. The Morgan fingerprint density at radius 3 is 2.11 bits per heavy atom. The first kappa shape index (κ1) is 29.2. The molecule has 2 aromatic carbocycles. The van der Waals surface area contributed by atoms with E-state index in [0.29, 0.717) is 6.54 Å². The van der Waals surface area contributed by atoms with Crippen molar-refractivity contribution in [2.45, 2.75) is 97.5 Å². The summed E-state index contributed by atoms with van der Waals surface area (Å²) in [5.74, 6) is -0.707. The van der Waals surface area contributed by atoms with Crippen molar-refractivity contribution >= 4 is 17.9 Å². The summed E-state index contributed by atoms with van der Waals surface area (Å²) in [7, 11) is 0. The minimum Gasteiger partial charge on any atom is -0.444 e. The highest BCUT2D eigenvalue weighted by Gasteiger charge is 2.42. The third kappa shape index (κ3) is 7.83. The van der Waals surface area contributed by atoms with Crippen LogP contribution in [0.1, 0.15) is 83.5 Å². The summed E-state index contributed by atoms with van der Waals surface area (Å²) in [6.45, 7) is 11.6. The van der Waals surface area contributed by atoms with Gasteiger partial charge in [0.25, 0.3) is 0 Å². The second-order valence-corrected chi connectivity index (χ2v) is 11.4. The first-order valence-electron chi connectivity index (χ1n) is 13.7. The minimum atomic E-state index is -0.829. The normalized spacial score (nSPS) is 15.2. The zero-order valence-electron chi connectivity index (χ0n) is 23.6. The molecular weight excluding hydrogens is 478 g/mol. The second kappa shape index (κ2) is 12.9. The van der Waals surface area contributed by atoms with E-state index in [-0.39, 0.29) is 23.8 Å². The van der Waals surface area contributed by atoms with Crippen molar-refractivity contribution in [2.24, 2.45) is 5.92 Å². The number of carbonyl (C=O) groups is 3. The number of rotatable bonds is 10. The first-order chi connectivity index (χ1) is 18.0. The molecule has 0 aliphatic heterocycles. The second-order valence-electron chi connectivity index (χ2n) is 11.4. The van der Waals surface area contributed by atoms with Gasteiger partial charge in [0.15, 0.2) is 0 Å². The van der Waals surface area contributed by atoms with Crippen molar-refractivity contribution in [1.29, 1.82) is 0 Å². The largest absolute Gasteiger partial charge is 0.444 e. The molecule has 1 aliphatic rings. The van der Waals surface area contributed by atoms with Crippen LogP contribution >= 0.6 is 0 Å². The monoisotopic (exact) mass is 521 g/mol. The number of hydrogen-bond acceptors (Lipinski definition) is 4. The van der Waals surface area contributed by atoms with Gasteiger partial charge in [-0.1, -0.05) is 75.4 Å². The highest BCUT2D eigenvalue weighted by Crippen LogP contribution is 2.34. The smallest absolute Gasteiger partial charge is 0.408 e. The molecule has 0 spiro atoms. The van der Waals surface area contributed by atoms with E-state index in [4.69, 9.17) is 4.74 Å². The predicted molar refractivity (Wildman–Crippen MR) is 149 cm³/mol. The average Bonchev–Trinajstić information content (AvgIpc) is 2.84. The lowest BCUT2D eigenvalue weighted by Gasteiger charge is -2.44. The van der Waals surface area contributed by atoms with Crippen LogP contribution in [-0.4, -0.2) is 40.5 Å². The van der Waals surface area contributed by atoms with E-state index < -0.39 is 23.8 Å². The number of alkyl carbamates (subject to hydrolysis) is 1. The van der Waals surface area contributed by atoms with Crippen LogP contribution in [0.4, 0.5) is 4.79 Å². The van der Waals surface area contributed by atoms with Gasteiger partial charge in [0.1, 0.15) is 17.7 Å². The fourth-order valence-corrected chi connectivity index (χ4v) is 4.55.